The minimum atomic E-state index is -0.125. The van der Waals surface area contributed by atoms with Crippen molar-refractivity contribution >= 4 is 16.7 Å². The summed E-state index contributed by atoms with van der Waals surface area (Å²) in [6, 6.07) is 20.4. The fraction of sp³-hybridized carbons (Fsp3) is 0.185. The molecule has 167 valence electrons. The Morgan fingerprint density at radius 2 is 1.72 bits per heavy atom. The minimum absolute atomic E-state index is 0. The van der Waals surface area contributed by atoms with Gasteiger partial charge in [-0.1, -0.05) is 26.0 Å². The van der Waals surface area contributed by atoms with Gasteiger partial charge in [-0.15, -0.1) is 34.9 Å². The minimum Gasteiger partial charge on any atom is -0.512 e. The zero-order chi connectivity index (χ0) is 22.5. The van der Waals surface area contributed by atoms with E-state index in [4.69, 9.17) is 10.1 Å². The van der Waals surface area contributed by atoms with E-state index in [1.54, 1.807) is 0 Å². The molecule has 4 nitrogen and oxygen atoms in total. The monoisotopic (exact) mass is 604 g/mol. The van der Waals surface area contributed by atoms with E-state index in [1.165, 1.54) is 36.7 Å². The van der Waals surface area contributed by atoms with E-state index < -0.39 is 0 Å². The van der Waals surface area contributed by atoms with Gasteiger partial charge < -0.3 is 9.67 Å². The Morgan fingerprint density at radius 1 is 1.03 bits per heavy atom. The molecule has 32 heavy (non-hydrogen) atoms. The summed E-state index contributed by atoms with van der Waals surface area (Å²) in [5, 5.41) is 9.51. The molecule has 4 rings (SSSR count). The average Bonchev–Trinajstić information content (AvgIpc) is 3.20. The van der Waals surface area contributed by atoms with Crippen LogP contribution >= 0.6 is 0 Å². The molecular weight excluding hydrogens is 577 g/mol. The molecule has 1 N–H and O–H groups in total. The zero-order valence-electron chi connectivity index (χ0n) is 18.9. The summed E-state index contributed by atoms with van der Waals surface area (Å²) in [6.07, 6.45) is 5.31. The summed E-state index contributed by atoms with van der Waals surface area (Å²) < 4.78 is 2.14. The van der Waals surface area contributed by atoms with Gasteiger partial charge in [0, 0.05) is 49.6 Å². The third kappa shape index (κ3) is 6.49. The Labute approximate surface area is 203 Å². The molecule has 5 heteroatoms. The molecule has 4 aromatic rings. The van der Waals surface area contributed by atoms with Crippen LogP contribution in [0, 0.1) is 26.8 Å². The number of nitrogens with zero attached hydrogens (tertiary/aromatic N) is 2. The Balaban J connectivity index is 0.000000398. The van der Waals surface area contributed by atoms with Gasteiger partial charge in [0.05, 0.1) is 11.3 Å². The van der Waals surface area contributed by atoms with Crippen molar-refractivity contribution in [2.45, 2.75) is 34.6 Å². The number of aryl methyl sites for hydroxylation is 3. The first-order valence-electron chi connectivity index (χ1n) is 10.2. The molecule has 0 aliphatic rings. The van der Waals surface area contributed by atoms with Gasteiger partial charge >= 0.3 is 0 Å². The summed E-state index contributed by atoms with van der Waals surface area (Å²) >= 11 is 0. The van der Waals surface area contributed by atoms with Crippen LogP contribution in [-0.4, -0.2) is 20.4 Å². The van der Waals surface area contributed by atoms with E-state index in [1.807, 2.05) is 12.1 Å². The molecule has 0 aliphatic heterocycles. The molecule has 0 unspecified atom stereocenters. The number of ketones is 1. The van der Waals surface area contributed by atoms with Crippen LogP contribution in [0.5, 0.6) is 0 Å². The Morgan fingerprint density at radius 3 is 2.28 bits per heavy atom. The summed E-state index contributed by atoms with van der Waals surface area (Å²) in [7, 11) is 0. The van der Waals surface area contributed by atoms with Gasteiger partial charge in [-0.25, -0.2) is 0 Å². The third-order valence-electron chi connectivity index (χ3n) is 4.73. The number of aliphatic hydroxyl groups is 1. The largest absolute Gasteiger partial charge is 0.512 e. The van der Waals surface area contributed by atoms with E-state index >= 15 is 0 Å². The van der Waals surface area contributed by atoms with Crippen LogP contribution < -0.4 is 0 Å². The maximum Gasteiger partial charge on any atom is 0.155 e. The number of fused-ring (bicyclic) bond motifs is 1. The number of carbonyl (C=O) groups is 1. The molecule has 0 aliphatic carbocycles. The summed E-state index contributed by atoms with van der Waals surface area (Å²) in [5.74, 6) is -0.0625. The van der Waals surface area contributed by atoms with Gasteiger partial charge in [0.1, 0.15) is 0 Å². The maximum absolute atomic E-state index is 10.0. The number of rotatable bonds is 3. The van der Waals surface area contributed by atoms with Gasteiger partial charge in [0.25, 0.3) is 0 Å². The van der Waals surface area contributed by atoms with Crippen molar-refractivity contribution in [2.75, 3.05) is 0 Å². The third-order valence-corrected chi connectivity index (χ3v) is 4.73. The first-order valence-corrected chi connectivity index (χ1v) is 10.2. The molecule has 0 atom stereocenters. The van der Waals surface area contributed by atoms with E-state index in [9.17, 15) is 4.79 Å². The smallest absolute Gasteiger partial charge is 0.155 e. The van der Waals surface area contributed by atoms with Gasteiger partial charge in [0.2, 0.25) is 0 Å². The van der Waals surface area contributed by atoms with Crippen LogP contribution in [0.4, 0.5) is 0 Å². The summed E-state index contributed by atoms with van der Waals surface area (Å²) in [5.41, 5.74) is 7.85. The van der Waals surface area contributed by atoms with Crippen molar-refractivity contribution in [2.24, 2.45) is 0 Å². The van der Waals surface area contributed by atoms with Crippen molar-refractivity contribution in [1.29, 1.82) is 0 Å². The fourth-order valence-corrected chi connectivity index (χ4v) is 3.51. The normalized spacial score (nSPS) is 10.8. The van der Waals surface area contributed by atoms with Crippen LogP contribution in [0.1, 0.15) is 30.5 Å². The van der Waals surface area contributed by atoms with Gasteiger partial charge in [-0.3, -0.25) is 9.78 Å². The van der Waals surface area contributed by atoms with Crippen molar-refractivity contribution in [3.63, 3.8) is 0 Å². The maximum atomic E-state index is 10.0. The molecular formula is C27H27IrN2O2-. The zero-order valence-corrected chi connectivity index (χ0v) is 21.3. The van der Waals surface area contributed by atoms with Gasteiger partial charge in [-0.05, 0) is 56.3 Å². The van der Waals surface area contributed by atoms with Crippen LogP contribution in [0.25, 0.3) is 27.8 Å². The number of carbonyl (C=O) groups excluding carboxylic acids is 1. The van der Waals surface area contributed by atoms with Crippen LogP contribution in [0.2, 0.25) is 0 Å². The first-order chi connectivity index (χ1) is 14.7. The molecule has 0 spiro atoms. The quantitative estimate of drug-likeness (QED) is 0.166. The summed E-state index contributed by atoms with van der Waals surface area (Å²) in [4.78, 5) is 14.9. The average molecular weight is 604 g/mol. The SMILES string of the molecule is CC(=O)/C=C(/C)O.Cc1[c-]c(-c2ccc3cc(-n4cccc4)c(C)cc3n2)cc(C)c1.[Ir]. The molecule has 0 bridgehead atoms. The molecule has 0 amide bonds. The van der Waals surface area contributed by atoms with E-state index in [0.717, 1.165) is 27.7 Å². The van der Waals surface area contributed by atoms with Gasteiger partial charge in [0.15, 0.2) is 5.78 Å². The number of hydrogen-bond donors (Lipinski definition) is 1. The fourth-order valence-electron chi connectivity index (χ4n) is 3.51. The van der Waals surface area contributed by atoms with Crippen LogP contribution in [0.15, 0.2) is 72.8 Å². The summed E-state index contributed by atoms with van der Waals surface area (Å²) in [6.45, 7) is 9.16. The van der Waals surface area contributed by atoms with Crippen molar-refractivity contribution < 1.29 is 30.0 Å². The van der Waals surface area contributed by atoms with Crippen LogP contribution in [-0.2, 0) is 24.9 Å². The van der Waals surface area contributed by atoms with E-state index in [-0.39, 0.29) is 31.6 Å². The molecule has 0 saturated carbocycles. The number of hydrogen-bond acceptors (Lipinski definition) is 3. The van der Waals surface area contributed by atoms with Crippen molar-refractivity contribution in [3.05, 3.63) is 95.5 Å². The number of aliphatic hydroxyl groups excluding tert-OH is 1. The Bertz CT molecular complexity index is 1230. The second-order valence-corrected chi connectivity index (χ2v) is 7.77. The van der Waals surface area contributed by atoms with E-state index in [2.05, 4.69) is 80.2 Å². The number of pyridine rings is 1. The molecule has 2 aromatic heterocycles. The molecule has 0 saturated heterocycles. The number of allylic oxidation sites excluding steroid dienone is 2. The molecule has 1 radical (unpaired) electrons. The first kappa shape index (κ1) is 25.3. The van der Waals surface area contributed by atoms with Crippen molar-refractivity contribution in [1.82, 2.24) is 9.55 Å². The topological polar surface area (TPSA) is 55.1 Å². The number of aromatic nitrogens is 2. The second-order valence-electron chi connectivity index (χ2n) is 7.77. The predicted molar refractivity (Wildman–Crippen MR) is 127 cm³/mol. The van der Waals surface area contributed by atoms with Gasteiger partial charge in [-0.2, -0.15) is 0 Å². The molecule has 2 heterocycles. The second kappa shape index (κ2) is 11.0. The molecule has 0 fully saturated rings. The van der Waals surface area contributed by atoms with Crippen LogP contribution in [0.3, 0.4) is 0 Å². The van der Waals surface area contributed by atoms with E-state index in [0.29, 0.717) is 0 Å². The Kier molecular flexibility index (Phi) is 8.71. The van der Waals surface area contributed by atoms with Crippen molar-refractivity contribution in [3.8, 4) is 16.9 Å². The standard InChI is InChI=1S/C22H19N2.C5H8O2.Ir/c1-15-10-16(2)12-19(11-15)20-7-6-18-14-22(24-8-4-5-9-24)17(3)13-21(18)23-20;1-4(6)3-5(2)7;/h4-11,13-14H,1-3H3;3,6H,1-2H3;/q-1;;/b;4-3-;. The predicted octanol–water partition coefficient (Wildman–Crippen LogP) is 6.45. The molecule has 2 aromatic carbocycles. The number of benzene rings is 2. The Hall–Kier alpha value is -3.01.